The molecule has 230 valence electrons. The van der Waals surface area contributed by atoms with E-state index in [0.29, 0.717) is 16.5 Å². The van der Waals surface area contributed by atoms with Crippen molar-refractivity contribution in [2.75, 3.05) is 4.90 Å². The van der Waals surface area contributed by atoms with Crippen LogP contribution in [-0.2, 0) is 32.2 Å². The summed E-state index contributed by atoms with van der Waals surface area (Å²) in [6, 6.07) is 28.3. The largest absolute Gasteiger partial charge is 0.362 e. The topological polar surface area (TPSA) is 70.6 Å². The molecule has 0 spiro atoms. The average Bonchev–Trinajstić information content (AvgIpc) is 3.64. The molecule has 0 fully saturated rings. The van der Waals surface area contributed by atoms with Gasteiger partial charge in [0.05, 0.1) is 5.25 Å². The van der Waals surface area contributed by atoms with Crippen molar-refractivity contribution in [2.24, 2.45) is 5.41 Å². The zero-order chi connectivity index (χ0) is 31.0. The van der Waals surface area contributed by atoms with Crippen LogP contribution >= 0.6 is 23.4 Å². The summed E-state index contributed by atoms with van der Waals surface area (Å²) in [5.74, 6) is 0.776. The first kappa shape index (κ1) is 30.0. The van der Waals surface area contributed by atoms with Gasteiger partial charge >= 0.3 is 0 Å². The van der Waals surface area contributed by atoms with Gasteiger partial charge in [0.1, 0.15) is 0 Å². The van der Waals surface area contributed by atoms with Crippen molar-refractivity contribution < 1.29 is 0 Å². The highest BCUT2D eigenvalue weighted by atomic mass is 35.5. The summed E-state index contributed by atoms with van der Waals surface area (Å²) in [6.45, 7) is 7.94. The van der Waals surface area contributed by atoms with Gasteiger partial charge in [-0.05, 0) is 83.2 Å². The summed E-state index contributed by atoms with van der Waals surface area (Å²) in [6.07, 6.45) is 6.86. The summed E-state index contributed by atoms with van der Waals surface area (Å²) < 4.78 is 0. The fourth-order valence-corrected chi connectivity index (χ4v) is 8.90. The van der Waals surface area contributed by atoms with Gasteiger partial charge in [0.15, 0.2) is 5.82 Å². The third-order valence-electron chi connectivity index (χ3n) is 9.28. The Morgan fingerprint density at radius 1 is 0.956 bits per heavy atom. The summed E-state index contributed by atoms with van der Waals surface area (Å²) in [4.78, 5) is 7.52. The Balaban J connectivity index is 1.18. The fourth-order valence-electron chi connectivity index (χ4n) is 7.19. The normalized spacial score (nSPS) is 19.1. The molecule has 3 unspecified atom stereocenters. The molecule has 0 radical (unpaired) electrons. The summed E-state index contributed by atoms with van der Waals surface area (Å²) >= 11 is 8.42. The number of aromatic amines is 1. The second-order valence-corrected chi connectivity index (χ2v) is 15.3. The highest BCUT2D eigenvalue weighted by Gasteiger charge is 2.46. The Labute approximate surface area is 275 Å². The lowest BCUT2D eigenvalue weighted by molar-refractivity contribution is 0.290. The van der Waals surface area contributed by atoms with Crippen LogP contribution in [0.3, 0.4) is 0 Å². The molecular weight excluding hydrogens is 596 g/mol. The second-order valence-electron chi connectivity index (χ2n) is 13.3. The Bertz CT molecular complexity index is 1740. The average molecular weight is 635 g/mol. The minimum absolute atomic E-state index is 0.00332. The molecule has 8 heteroatoms. The lowest BCUT2D eigenvalue weighted by Crippen LogP contribution is -2.38. The number of H-pyrrole nitrogens is 1. The van der Waals surface area contributed by atoms with Gasteiger partial charge in [0.25, 0.3) is 0 Å². The maximum absolute atomic E-state index is 6.27. The highest BCUT2D eigenvalue weighted by Crippen LogP contribution is 2.57. The molecule has 5 aromatic rings. The molecule has 45 heavy (non-hydrogen) atoms. The molecule has 4 heterocycles. The van der Waals surface area contributed by atoms with Gasteiger partial charge in [0.2, 0.25) is 0 Å². The number of benzene rings is 3. The third kappa shape index (κ3) is 6.52. The standard InChI is InChI=1S/C37H39ClN6S/c1-24-19-31-27(11-16-30-17-12-28(22-39-30)26-7-5-4-6-8-26)13-18-32-35(31)36(45-24)33(20-37(2,3)21-34-40-42-43-41-34)44(32)23-25-9-14-29(38)15-10-25/h4-10,12-15,17-18,22,24,33,36H,11,16,19-21,23H2,1-3H3,(H,40,41,42,43). The molecular formula is C37H39ClN6S. The maximum Gasteiger partial charge on any atom is 0.175 e. The van der Waals surface area contributed by atoms with Gasteiger partial charge in [-0.1, -0.05) is 92.2 Å². The van der Waals surface area contributed by atoms with Crippen LogP contribution in [0, 0.1) is 5.41 Å². The fraction of sp³-hybridized carbons (Fsp3) is 0.351. The minimum Gasteiger partial charge on any atom is -0.362 e. The van der Waals surface area contributed by atoms with E-state index in [4.69, 9.17) is 16.6 Å². The Morgan fingerprint density at radius 2 is 1.78 bits per heavy atom. The molecule has 3 aromatic carbocycles. The molecule has 1 N–H and O–H groups in total. The van der Waals surface area contributed by atoms with E-state index in [-0.39, 0.29) is 5.41 Å². The number of pyridine rings is 1. The van der Waals surface area contributed by atoms with Crippen LogP contribution in [0.1, 0.15) is 66.2 Å². The van der Waals surface area contributed by atoms with Crippen molar-refractivity contribution in [3.05, 3.63) is 124 Å². The quantitative estimate of drug-likeness (QED) is 0.166. The zero-order valence-corrected chi connectivity index (χ0v) is 27.7. The van der Waals surface area contributed by atoms with Crippen LogP contribution in [0.4, 0.5) is 5.69 Å². The minimum atomic E-state index is -0.00332. The summed E-state index contributed by atoms with van der Waals surface area (Å²) in [5, 5.41) is 16.7. The van der Waals surface area contributed by atoms with Crippen LogP contribution in [0.15, 0.2) is 85.1 Å². The maximum atomic E-state index is 6.27. The number of rotatable bonds is 10. The van der Waals surface area contributed by atoms with E-state index in [9.17, 15) is 0 Å². The van der Waals surface area contributed by atoms with Crippen LogP contribution in [0.2, 0.25) is 5.02 Å². The van der Waals surface area contributed by atoms with Crippen LogP contribution in [0.5, 0.6) is 0 Å². The number of hydrogen-bond donors (Lipinski definition) is 1. The Kier molecular flexibility index (Phi) is 8.40. The molecule has 0 aliphatic carbocycles. The van der Waals surface area contributed by atoms with Crippen molar-refractivity contribution in [3.63, 3.8) is 0 Å². The molecule has 3 atom stereocenters. The lowest BCUT2D eigenvalue weighted by Gasteiger charge is -2.37. The van der Waals surface area contributed by atoms with E-state index in [1.165, 1.54) is 22.4 Å². The van der Waals surface area contributed by atoms with E-state index in [1.807, 2.05) is 18.3 Å². The zero-order valence-electron chi connectivity index (χ0n) is 26.1. The van der Waals surface area contributed by atoms with Crippen molar-refractivity contribution >= 4 is 29.1 Å². The molecule has 2 aliphatic heterocycles. The molecule has 6 nitrogen and oxygen atoms in total. The number of anilines is 1. The molecule has 7 rings (SSSR count). The predicted octanol–water partition coefficient (Wildman–Crippen LogP) is 8.47. The number of hydrogen-bond acceptors (Lipinski definition) is 6. The Hall–Kier alpha value is -3.68. The van der Waals surface area contributed by atoms with E-state index in [0.717, 1.165) is 60.8 Å². The molecule has 0 bridgehead atoms. The molecule has 2 aliphatic rings. The number of aryl methyl sites for hydroxylation is 2. The lowest BCUT2D eigenvalue weighted by atomic mass is 9.80. The van der Waals surface area contributed by atoms with Crippen molar-refractivity contribution in [2.45, 2.75) is 76.0 Å². The van der Waals surface area contributed by atoms with E-state index < -0.39 is 0 Å². The summed E-state index contributed by atoms with van der Waals surface area (Å²) in [5.41, 5.74) is 10.8. The number of halogens is 1. The van der Waals surface area contributed by atoms with Gasteiger partial charge < -0.3 is 4.90 Å². The van der Waals surface area contributed by atoms with Crippen molar-refractivity contribution in [3.8, 4) is 11.1 Å². The van der Waals surface area contributed by atoms with Gasteiger partial charge in [-0.25, -0.2) is 0 Å². The smallest absolute Gasteiger partial charge is 0.175 e. The van der Waals surface area contributed by atoms with Crippen LogP contribution in [-0.4, -0.2) is 36.9 Å². The molecule has 0 saturated carbocycles. The number of tetrazole rings is 1. The number of aromatic nitrogens is 5. The van der Waals surface area contributed by atoms with Crippen molar-refractivity contribution in [1.82, 2.24) is 25.6 Å². The van der Waals surface area contributed by atoms with Gasteiger partial charge in [-0.15, -0.1) is 22.0 Å². The SMILES string of the molecule is CC1Cc2c(CCc3ccc(-c4ccccc4)cn3)ccc3c2C(S1)C(CC(C)(C)Cc1nn[nH]n1)N3Cc1ccc(Cl)cc1. The highest BCUT2D eigenvalue weighted by molar-refractivity contribution is 8.00. The van der Waals surface area contributed by atoms with E-state index in [2.05, 4.69) is 125 Å². The number of thioether (sulfide) groups is 1. The molecule has 0 saturated heterocycles. The first-order valence-electron chi connectivity index (χ1n) is 15.9. The third-order valence-corrected chi connectivity index (χ3v) is 11.0. The van der Waals surface area contributed by atoms with Gasteiger partial charge in [0, 0.05) is 52.4 Å². The van der Waals surface area contributed by atoms with Crippen LogP contribution < -0.4 is 4.90 Å². The monoisotopic (exact) mass is 634 g/mol. The molecule has 0 amide bonds. The molecule has 2 aromatic heterocycles. The van der Waals surface area contributed by atoms with Crippen molar-refractivity contribution in [1.29, 1.82) is 0 Å². The summed E-state index contributed by atoms with van der Waals surface area (Å²) in [7, 11) is 0. The second kappa shape index (κ2) is 12.6. The number of nitrogens with one attached hydrogen (secondary N) is 1. The van der Waals surface area contributed by atoms with Crippen LogP contribution in [0.25, 0.3) is 11.1 Å². The number of nitrogens with zero attached hydrogens (tertiary/aromatic N) is 5. The van der Waals surface area contributed by atoms with Gasteiger partial charge in [-0.3, -0.25) is 4.98 Å². The van der Waals surface area contributed by atoms with Gasteiger partial charge in [-0.2, -0.15) is 5.21 Å². The van der Waals surface area contributed by atoms with E-state index in [1.54, 1.807) is 11.1 Å². The van der Waals surface area contributed by atoms with E-state index >= 15 is 0 Å². The predicted molar refractivity (Wildman–Crippen MR) is 185 cm³/mol. The first-order valence-corrected chi connectivity index (χ1v) is 17.2. The first-order chi connectivity index (χ1) is 21.8. The Morgan fingerprint density at radius 3 is 2.51 bits per heavy atom.